The molecule has 104 valence electrons. The Morgan fingerprint density at radius 2 is 2.35 bits per heavy atom. The van der Waals surface area contributed by atoms with E-state index in [1.807, 2.05) is 0 Å². The van der Waals surface area contributed by atoms with E-state index in [2.05, 4.69) is 34.6 Å². The van der Waals surface area contributed by atoms with Gasteiger partial charge in [-0.3, -0.25) is 0 Å². The van der Waals surface area contributed by atoms with Gasteiger partial charge in [-0.15, -0.1) is 0 Å². The number of nitrogens with zero attached hydrogens (tertiary/aromatic N) is 1. The van der Waals surface area contributed by atoms with Crippen LogP contribution in [-0.4, -0.2) is 24.1 Å². The molecule has 0 saturated heterocycles. The van der Waals surface area contributed by atoms with Gasteiger partial charge in [0.1, 0.15) is 6.26 Å². The molecular formula is C15H16N2O3. The van der Waals surface area contributed by atoms with Gasteiger partial charge in [0.25, 0.3) is 6.01 Å². The smallest absolute Gasteiger partial charge is 0.360 e. The number of carbonyl (C=O) groups excluding carboxylic acids is 1. The molecule has 1 unspecified atom stereocenters. The fourth-order valence-corrected chi connectivity index (χ4v) is 2.41. The normalized spacial score (nSPS) is 16.1. The summed E-state index contributed by atoms with van der Waals surface area (Å²) in [5.41, 5.74) is 2.97. The Morgan fingerprint density at radius 1 is 1.50 bits per heavy atom. The lowest BCUT2D eigenvalue weighted by Crippen LogP contribution is -2.24. The molecule has 1 aromatic heterocycles. The van der Waals surface area contributed by atoms with Crippen LogP contribution in [0.15, 0.2) is 34.9 Å². The van der Waals surface area contributed by atoms with Gasteiger partial charge >= 0.3 is 5.97 Å². The number of anilines is 1. The summed E-state index contributed by atoms with van der Waals surface area (Å²) in [5, 5.41) is 3.12. The van der Waals surface area contributed by atoms with E-state index in [0.29, 0.717) is 18.5 Å². The number of esters is 1. The maximum Gasteiger partial charge on any atom is 0.360 e. The Labute approximate surface area is 117 Å². The Kier molecular flexibility index (Phi) is 3.41. The average molecular weight is 272 g/mol. The number of rotatable bonds is 5. The molecule has 0 spiro atoms. The van der Waals surface area contributed by atoms with E-state index in [1.165, 1.54) is 17.4 Å². The lowest BCUT2D eigenvalue weighted by Gasteiger charge is -2.29. The molecular weight excluding hydrogens is 256 g/mol. The van der Waals surface area contributed by atoms with E-state index in [4.69, 9.17) is 9.15 Å². The number of benzene rings is 1. The van der Waals surface area contributed by atoms with Crippen LogP contribution >= 0.6 is 0 Å². The molecule has 1 atom stereocenters. The van der Waals surface area contributed by atoms with Gasteiger partial charge in [0.15, 0.2) is 5.69 Å². The van der Waals surface area contributed by atoms with E-state index < -0.39 is 5.97 Å². The van der Waals surface area contributed by atoms with Gasteiger partial charge in [0, 0.05) is 12.5 Å². The van der Waals surface area contributed by atoms with Crippen LogP contribution in [0, 0.1) is 0 Å². The Balaban J connectivity index is 1.56. The Bertz CT molecular complexity index is 621. The Morgan fingerprint density at radius 3 is 3.15 bits per heavy atom. The van der Waals surface area contributed by atoms with Crippen molar-refractivity contribution in [3.63, 3.8) is 0 Å². The molecule has 0 fully saturated rings. The lowest BCUT2D eigenvalue weighted by atomic mass is 9.78. The predicted octanol–water partition coefficient (Wildman–Crippen LogP) is 2.60. The molecule has 1 aromatic carbocycles. The standard InChI is InChI=1S/C15H16N2O3/c1-2-19-14(18)13-9-20-15(17-13)16-8-11-7-10-5-3-4-6-12(10)11/h3-6,9,11H,2,7-8H2,1H3,(H,16,17). The average Bonchev–Trinajstić information content (AvgIpc) is 2.89. The van der Waals surface area contributed by atoms with Gasteiger partial charge in [-0.05, 0) is 24.5 Å². The third kappa shape index (κ3) is 2.39. The minimum absolute atomic E-state index is 0.198. The van der Waals surface area contributed by atoms with Crippen molar-refractivity contribution in [1.29, 1.82) is 0 Å². The van der Waals surface area contributed by atoms with Crippen LogP contribution in [0.5, 0.6) is 0 Å². The monoisotopic (exact) mass is 272 g/mol. The van der Waals surface area contributed by atoms with Gasteiger partial charge in [0.2, 0.25) is 0 Å². The molecule has 0 aliphatic heterocycles. The van der Waals surface area contributed by atoms with Crippen molar-refractivity contribution in [2.75, 3.05) is 18.5 Å². The highest BCUT2D eigenvalue weighted by Crippen LogP contribution is 2.34. The van der Waals surface area contributed by atoms with Crippen LogP contribution in [0.3, 0.4) is 0 Å². The first-order valence-corrected chi connectivity index (χ1v) is 6.72. The number of fused-ring (bicyclic) bond motifs is 1. The molecule has 5 heteroatoms. The van der Waals surface area contributed by atoms with Gasteiger partial charge < -0.3 is 14.5 Å². The quantitative estimate of drug-likeness (QED) is 0.847. The SMILES string of the molecule is CCOC(=O)c1coc(NCC2Cc3ccccc32)n1. The highest BCUT2D eigenvalue weighted by Gasteiger charge is 2.25. The molecule has 1 aliphatic carbocycles. The van der Waals surface area contributed by atoms with Crippen molar-refractivity contribution in [2.24, 2.45) is 0 Å². The molecule has 20 heavy (non-hydrogen) atoms. The van der Waals surface area contributed by atoms with Crippen molar-refractivity contribution in [3.8, 4) is 0 Å². The van der Waals surface area contributed by atoms with Crippen LogP contribution in [0.25, 0.3) is 0 Å². The highest BCUT2D eigenvalue weighted by atomic mass is 16.5. The number of carbonyl (C=O) groups is 1. The van der Waals surface area contributed by atoms with Crippen molar-refractivity contribution < 1.29 is 13.9 Å². The minimum atomic E-state index is -0.460. The molecule has 3 rings (SSSR count). The van der Waals surface area contributed by atoms with Crippen molar-refractivity contribution >= 4 is 12.0 Å². The van der Waals surface area contributed by atoms with Gasteiger partial charge in [0.05, 0.1) is 6.61 Å². The van der Waals surface area contributed by atoms with Crippen LogP contribution in [0.1, 0.15) is 34.5 Å². The summed E-state index contributed by atoms with van der Waals surface area (Å²) >= 11 is 0. The summed E-state index contributed by atoms with van der Waals surface area (Å²) < 4.78 is 10.1. The molecule has 1 heterocycles. The predicted molar refractivity (Wildman–Crippen MR) is 73.8 cm³/mol. The summed E-state index contributed by atoms with van der Waals surface area (Å²) in [5.74, 6) is 0.0161. The molecule has 0 amide bonds. The second-order valence-electron chi connectivity index (χ2n) is 4.74. The number of aromatic nitrogens is 1. The third-order valence-electron chi connectivity index (χ3n) is 3.45. The first-order chi connectivity index (χ1) is 9.78. The molecule has 0 radical (unpaired) electrons. The molecule has 0 bridgehead atoms. The number of nitrogens with one attached hydrogen (secondary N) is 1. The summed E-state index contributed by atoms with van der Waals surface area (Å²) in [6.45, 7) is 2.83. The number of hydrogen-bond donors (Lipinski definition) is 1. The van der Waals surface area contributed by atoms with Gasteiger partial charge in [-0.1, -0.05) is 24.3 Å². The molecule has 5 nitrogen and oxygen atoms in total. The summed E-state index contributed by atoms with van der Waals surface area (Å²) in [4.78, 5) is 15.5. The van der Waals surface area contributed by atoms with Crippen molar-refractivity contribution in [3.05, 3.63) is 47.3 Å². The summed E-state index contributed by atoms with van der Waals surface area (Å²) in [7, 11) is 0. The van der Waals surface area contributed by atoms with Gasteiger partial charge in [-0.2, -0.15) is 4.98 Å². The highest BCUT2D eigenvalue weighted by molar-refractivity contribution is 5.87. The second-order valence-corrected chi connectivity index (χ2v) is 4.74. The molecule has 1 aliphatic rings. The minimum Gasteiger partial charge on any atom is -0.461 e. The summed E-state index contributed by atoms with van der Waals surface area (Å²) in [6, 6.07) is 8.76. The molecule has 1 N–H and O–H groups in total. The maximum atomic E-state index is 11.5. The number of ether oxygens (including phenoxy) is 1. The van der Waals surface area contributed by atoms with Crippen LogP contribution in [-0.2, 0) is 11.2 Å². The molecule has 2 aromatic rings. The van der Waals surface area contributed by atoms with Crippen LogP contribution in [0.4, 0.5) is 6.01 Å². The Hall–Kier alpha value is -2.30. The number of hydrogen-bond acceptors (Lipinski definition) is 5. The van der Waals surface area contributed by atoms with E-state index in [-0.39, 0.29) is 5.69 Å². The fraction of sp³-hybridized carbons (Fsp3) is 0.333. The van der Waals surface area contributed by atoms with Gasteiger partial charge in [-0.25, -0.2) is 4.79 Å². The van der Waals surface area contributed by atoms with Crippen molar-refractivity contribution in [2.45, 2.75) is 19.3 Å². The molecule has 0 saturated carbocycles. The van der Waals surface area contributed by atoms with Crippen LogP contribution < -0.4 is 5.32 Å². The fourth-order valence-electron chi connectivity index (χ4n) is 2.41. The van der Waals surface area contributed by atoms with Crippen molar-refractivity contribution in [1.82, 2.24) is 4.98 Å². The van der Waals surface area contributed by atoms with E-state index in [0.717, 1.165) is 13.0 Å². The second kappa shape index (κ2) is 5.36. The lowest BCUT2D eigenvalue weighted by molar-refractivity contribution is 0.0519. The zero-order valence-electron chi connectivity index (χ0n) is 11.3. The zero-order valence-corrected chi connectivity index (χ0v) is 11.3. The van der Waals surface area contributed by atoms with E-state index in [1.54, 1.807) is 6.92 Å². The van der Waals surface area contributed by atoms with Crippen LogP contribution in [0.2, 0.25) is 0 Å². The zero-order chi connectivity index (χ0) is 13.9. The largest absolute Gasteiger partial charge is 0.461 e. The first kappa shape index (κ1) is 12.7. The van der Waals surface area contributed by atoms with E-state index >= 15 is 0 Å². The first-order valence-electron chi connectivity index (χ1n) is 6.72. The number of oxazole rings is 1. The summed E-state index contributed by atoms with van der Waals surface area (Å²) in [6.07, 6.45) is 2.38. The van der Waals surface area contributed by atoms with E-state index in [9.17, 15) is 4.79 Å². The topological polar surface area (TPSA) is 64.4 Å². The maximum absolute atomic E-state index is 11.5. The third-order valence-corrected chi connectivity index (χ3v) is 3.45.